The third kappa shape index (κ3) is 3.32. The molecule has 1 atom stereocenters. The van der Waals surface area contributed by atoms with Crippen LogP contribution in [0.3, 0.4) is 0 Å². The number of piperazine rings is 1. The lowest BCUT2D eigenvalue weighted by Gasteiger charge is -2.36. The zero-order valence-corrected chi connectivity index (χ0v) is 11.4. The molecule has 1 unspecified atom stereocenters. The molecule has 2 N–H and O–H groups in total. The van der Waals surface area contributed by atoms with Gasteiger partial charge in [-0.3, -0.25) is 9.69 Å². The Morgan fingerprint density at radius 3 is 2.80 bits per heavy atom. The number of carbonyl (C=O) groups excluding carboxylic acids is 1. The first-order valence-corrected chi connectivity index (χ1v) is 6.64. The van der Waals surface area contributed by atoms with Gasteiger partial charge in [0, 0.05) is 32.2 Å². The summed E-state index contributed by atoms with van der Waals surface area (Å²) in [6.07, 6.45) is 0. The zero-order valence-electron chi connectivity index (χ0n) is 11.4. The van der Waals surface area contributed by atoms with Gasteiger partial charge in [-0.1, -0.05) is 30.3 Å². The molecule has 1 amide bonds. The minimum Gasteiger partial charge on any atom is -0.358 e. The fourth-order valence-corrected chi connectivity index (χ4v) is 2.39. The predicted molar refractivity (Wildman–Crippen MR) is 72.6 cm³/mol. The number of hydrogen-bond donors (Lipinski definition) is 2. The van der Waals surface area contributed by atoms with Gasteiger partial charge in [-0.25, -0.2) is 0 Å². The fraction of sp³-hybridized carbons (Fsp3) is 0.500. The van der Waals surface area contributed by atoms with Crippen LogP contribution in [0, 0.1) is 0 Å². The van der Waals surface area contributed by atoms with E-state index < -0.39 is 18.5 Å². The van der Waals surface area contributed by atoms with Crippen molar-refractivity contribution in [1.29, 1.82) is 0 Å². The molecule has 1 aliphatic heterocycles. The van der Waals surface area contributed by atoms with E-state index in [9.17, 15) is 13.6 Å². The van der Waals surface area contributed by atoms with Crippen molar-refractivity contribution in [3.8, 4) is 0 Å². The normalized spacial score (nSPS) is 20.6. The van der Waals surface area contributed by atoms with E-state index in [4.69, 9.17) is 0 Å². The average Bonchev–Trinajstić information content (AvgIpc) is 2.47. The van der Waals surface area contributed by atoms with Crippen LogP contribution in [0.4, 0.5) is 8.78 Å². The maximum atomic E-state index is 14.3. The van der Waals surface area contributed by atoms with E-state index in [1.54, 1.807) is 23.1 Å². The number of amides is 1. The van der Waals surface area contributed by atoms with Crippen LogP contribution < -0.4 is 10.6 Å². The lowest BCUT2D eigenvalue weighted by atomic mass is 10.1. The first-order chi connectivity index (χ1) is 9.54. The lowest BCUT2D eigenvalue weighted by Crippen LogP contribution is -2.59. The van der Waals surface area contributed by atoms with Crippen LogP contribution in [0.2, 0.25) is 0 Å². The van der Waals surface area contributed by atoms with Gasteiger partial charge >= 0.3 is 0 Å². The molecule has 0 bridgehead atoms. The first kappa shape index (κ1) is 14.9. The van der Waals surface area contributed by atoms with E-state index in [0.717, 1.165) is 0 Å². The molecule has 0 saturated carbocycles. The fourth-order valence-electron chi connectivity index (χ4n) is 2.39. The molecule has 110 valence electrons. The Hall–Kier alpha value is -1.53. The Labute approximate surface area is 117 Å². The minimum atomic E-state index is -2.97. The molecular weight excluding hydrogens is 264 g/mol. The van der Waals surface area contributed by atoms with Crippen molar-refractivity contribution in [2.24, 2.45) is 0 Å². The lowest BCUT2D eigenvalue weighted by molar-refractivity contribution is -0.129. The monoisotopic (exact) mass is 283 g/mol. The van der Waals surface area contributed by atoms with Crippen LogP contribution in [-0.2, 0) is 10.7 Å². The van der Waals surface area contributed by atoms with Gasteiger partial charge in [0.15, 0.2) is 0 Å². The number of nitrogens with zero attached hydrogens (tertiary/aromatic N) is 1. The summed E-state index contributed by atoms with van der Waals surface area (Å²) in [6, 6.07) is 7.17. The minimum absolute atomic E-state index is 0.0193. The predicted octanol–water partition coefficient (Wildman–Crippen LogP) is 0.798. The summed E-state index contributed by atoms with van der Waals surface area (Å²) >= 11 is 0. The highest BCUT2D eigenvalue weighted by Gasteiger charge is 2.38. The number of nitrogens with one attached hydrogen (secondary N) is 2. The topological polar surface area (TPSA) is 44.4 Å². The number of likely N-dealkylation sites (N-methyl/N-ethyl adjacent to an activating group) is 1. The molecule has 20 heavy (non-hydrogen) atoms. The van der Waals surface area contributed by atoms with Crippen molar-refractivity contribution >= 4 is 5.91 Å². The van der Waals surface area contributed by atoms with E-state index in [2.05, 4.69) is 10.6 Å². The second-order valence-electron chi connectivity index (χ2n) is 4.88. The number of carbonyl (C=O) groups is 1. The maximum Gasteiger partial charge on any atom is 0.285 e. The summed E-state index contributed by atoms with van der Waals surface area (Å²) in [4.78, 5) is 13.3. The van der Waals surface area contributed by atoms with Gasteiger partial charge in [0.05, 0.1) is 6.54 Å². The van der Waals surface area contributed by atoms with Crippen LogP contribution in [0.1, 0.15) is 5.56 Å². The summed E-state index contributed by atoms with van der Waals surface area (Å²) < 4.78 is 28.6. The Balaban J connectivity index is 2.12. The molecule has 6 heteroatoms. The molecule has 1 saturated heterocycles. The van der Waals surface area contributed by atoms with Crippen LogP contribution in [0.15, 0.2) is 30.3 Å². The molecule has 1 aliphatic rings. The van der Waals surface area contributed by atoms with Gasteiger partial charge in [0.1, 0.15) is 6.04 Å². The number of alkyl halides is 2. The quantitative estimate of drug-likeness (QED) is 0.859. The molecule has 1 aromatic rings. The highest BCUT2D eigenvalue weighted by atomic mass is 19.3. The van der Waals surface area contributed by atoms with Gasteiger partial charge in [-0.15, -0.1) is 0 Å². The van der Waals surface area contributed by atoms with Gasteiger partial charge in [0.2, 0.25) is 5.91 Å². The smallest absolute Gasteiger partial charge is 0.285 e. The number of hydrogen-bond acceptors (Lipinski definition) is 3. The van der Waals surface area contributed by atoms with Crippen LogP contribution in [-0.4, -0.2) is 50.1 Å². The molecule has 0 radical (unpaired) electrons. The largest absolute Gasteiger partial charge is 0.358 e. The molecule has 1 heterocycles. The Morgan fingerprint density at radius 1 is 1.45 bits per heavy atom. The molecule has 0 aliphatic carbocycles. The van der Waals surface area contributed by atoms with E-state index in [1.165, 1.54) is 19.2 Å². The summed E-state index contributed by atoms with van der Waals surface area (Å²) in [6.45, 7) is 0.986. The van der Waals surface area contributed by atoms with Crippen LogP contribution >= 0.6 is 0 Å². The summed E-state index contributed by atoms with van der Waals surface area (Å²) in [5.41, 5.74) is -0.0193. The summed E-state index contributed by atoms with van der Waals surface area (Å²) in [5.74, 6) is -3.20. The molecule has 0 spiro atoms. The Morgan fingerprint density at radius 2 is 2.15 bits per heavy atom. The summed E-state index contributed by atoms with van der Waals surface area (Å²) in [7, 11) is 1.52. The molecule has 0 aromatic heterocycles. The van der Waals surface area contributed by atoms with Crippen molar-refractivity contribution in [2.75, 3.05) is 33.2 Å². The molecule has 2 rings (SSSR count). The molecule has 4 nitrogen and oxygen atoms in total. The average molecular weight is 283 g/mol. The highest BCUT2D eigenvalue weighted by Crippen LogP contribution is 2.29. The second-order valence-corrected chi connectivity index (χ2v) is 4.88. The second kappa shape index (κ2) is 6.28. The molecule has 1 fully saturated rings. The number of rotatable bonds is 4. The van der Waals surface area contributed by atoms with Crippen molar-refractivity contribution < 1.29 is 13.6 Å². The molecular formula is C14H19F2N3O. The van der Waals surface area contributed by atoms with E-state index in [1.807, 2.05) is 0 Å². The first-order valence-electron chi connectivity index (χ1n) is 6.64. The Bertz CT molecular complexity index is 453. The Kier molecular flexibility index (Phi) is 4.67. The maximum absolute atomic E-state index is 14.3. The summed E-state index contributed by atoms with van der Waals surface area (Å²) in [5, 5.41) is 5.58. The van der Waals surface area contributed by atoms with Crippen LogP contribution in [0.5, 0.6) is 0 Å². The highest BCUT2D eigenvalue weighted by molar-refractivity contribution is 5.81. The van der Waals surface area contributed by atoms with Gasteiger partial charge in [-0.2, -0.15) is 8.78 Å². The standard InChI is InChI=1S/C14H19F2N3O/c1-17-13(20)12-9-18-7-8-19(12)10-14(15,16)11-5-3-2-4-6-11/h2-6,12,18H,7-10H2,1H3,(H,17,20). The van der Waals surface area contributed by atoms with Crippen LogP contribution in [0.25, 0.3) is 0 Å². The van der Waals surface area contributed by atoms with Gasteiger partial charge < -0.3 is 10.6 Å². The number of benzene rings is 1. The molecule has 1 aromatic carbocycles. The van der Waals surface area contributed by atoms with Crippen molar-refractivity contribution in [2.45, 2.75) is 12.0 Å². The third-order valence-corrected chi connectivity index (χ3v) is 3.50. The SMILES string of the molecule is CNC(=O)C1CNCCN1CC(F)(F)c1ccccc1. The zero-order chi connectivity index (χ0) is 14.6. The van der Waals surface area contributed by atoms with E-state index in [0.29, 0.717) is 19.6 Å². The van der Waals surface area contributed by atoms with Gasteiger partial charge in [0.25, 0.3) is 5.92 Å². The van der Waals surface area contributed by atoms with Crippen molar-refractivity contribution in [1.82, 2.24) is 15.5 Å². The third-order valence-electron chi connectivity index (χ3n) is 3.50. The van der Waals surface area contributed by atoms with E-state index >= 15 is 0 Å². The van der Waals surface area contributed by atoms with Crippen molar-refractivity contribution in [3.63, 3.8) is 0 Å². The van der Waals surface area contributed by atoms with Gasteiger partial charge in [-0.05, 0) is 0 Å². The van der Waals surface area contributed by atoms with E-state index in [-0.39, 0.29) is 11.5 Å². The van der Waals surface area contributed by atoms with Crippen molar-refractivity contribution in [3.05, 3.63) is 35.9 Å². The number of halogens is 2.